The highest BCUT2D eigenvalue weighted by atomic mass is 16.5. The Balaban J connectivity index is 1.37. The van der Waals surface area contributed by atoms with Gasteiger partial charge in [0, 0.05) is 54.2 Å². The quantitative estimate of drug-likeness (QED) is 0.0730. The van der Waals surface area contributed by atoms with Crippen LogP contribution in [-0.2, 0) is 39.3 Å². The van der Waals surface area contributed by atoms with Crippen molar-refractivity contribution in [2.75, 3.05) is 104 Å². The molecule has 2 aromatic rings. The average Bonchev–Trinajstić information content (AvgIpc) is 3.48. The summed E-state index contributed by atoms with van der Waals surface area (Å²) < 4.78 is 36.4. The van der Waals surface area contributed by atoms with Gasteiger partial charge in [-0.3, -0.25) is 0 Å². The summed E-state index contributed by atoms with van der Waals surface area (Å²) >= 11 is 0. The van der Waals surface area contributed by atoms with Gasteiger partial charge in [-0.2, -0.15) is 4.58 Å². The van der Waals surface area contributed by atoms with Gasteiger partial charge in [-0.1, -0.05) is 75.4 Å². The summed E-state index contributed by atoms with van der Waals surface area (Å²) in [4.78, 5) is 2.40. The summed E-state index contributed by atoms with van der Waals surface area (Å²) in [6.45, 7) is 20.5. The number of anilines is 1. The summed E-state index contributed by atoms with van der Waals surface area (Å²) in [5.74, 6) is 0. The second kappa shape index (κ2) is 21.4. The molecule has 2 aromatic carbocycles. The van der Waals surface area contributed by atoms with Crippen LogP contribution in [0.3, 0.4) is 0 Å². The van der Waals surface area contributed by atoms with Gasteiger partial charge in [-0.25, -0.2) is 0 Å². The van der Waals surface area contributed by atoms with Crippen molar-refractivity contribution in [2.24, 2.45) is 5.73 Å². The highest BCUT2D eigenvalue weighted by molar-refractivity contribution is 6.03. The predicted molar refractivity (Wildman–Crippen MR) is 207 cm³/mol. The Morgan fingerprint density at radius 2 is 1.20 bits per heavy atom. The molecule has 0 atom stereocenters. The molecule has 9 heteroatoms. The zero-order valence-corrected chi connectivity index (χ0v) is 31.7. The number of nitrogens with zero attached hydrogens (tertiary/aromatic N) is 2. The van der Waals surface area contributed by atoms with E-state index in [-0.39, 0.29) is 10.8 Å². The minimum absolute atomic E-state index is 0.129. The Labute approximate surface area is 306 Å². The number of hydrogen-bond acceptors (Lipinski definition) is 8. The molecule has 0 aromatic heterocycles. The largest absolute Gasteiger partial charge is 0.379 e. The number of para-hydroxylation sites is 2. The first-order valence-corrected chi connectivity index (χ1v) is 18.7. The van der Waals surface area contributed by atoms with Crippen LogP contribution < -0.4 is 10.6 Å². The van der Waals surface area contributed by atoms with Crippen LogP contribution in [0.25, 0.3) is 0 Å². The van der Waals surface area contributed by atoms with Crippen molar-refractivity contribution < 1.29 is 33.0 Å². The standard InChI is InChI=1S/C42H62N3O6/c1-6-23-46-27-31-50-33-29-48-25-21-44-37-16-12-10-14-35(37)41(2,3)39(44)18-8-7-9-19-40-42(4,5)36-15-11-13-17-38(36)45(40)22-26-49-30-34-51-32-28-47-24-20-43/h7-19H,6,20-34,43H2,1-5H3/q+1. The molecule has 0 unspecified atom stereocenters. The van der Waals surface area contributed by atoms with Crippen molar-refractivity contribution in [1.29, 1.82) is 0 Å². The molecule has 2 aliphatic heterocycles. The van der Waals surface area contributed by atoms with Crippen LogP contribution in [0.4, 0.5) is 11.4 Å². The molecular formula is C42H62N3O6+. The third kappa shape index (κ3) is 11.4. The molecule has 0 bridgehead atoms. The summed E-state index contributed by atoms with van der Waals surface area (Å²) in [6, 6.07) is 17.4. The van der Waals surface area contributed by atoms with Gasteiger partial charge in [0.1, 0.15) is 6.61 Å². The average molecular weight is 705 g/mol. The van der Waals surface area contributed by atoms with Gasteiger partial charge in [0.15, 0.2) is 12.3 Å². The number of hydrogen-bond donors (Lipinski definition) is 1. The molecular weight excluding hydrogens is 642 g/mol. The third-order valence-electron chi connectivity index (χ3n) is 9.35. The Bertz CT molecular complexity index is 1460. The molecule has 2 heterocycles. The minimum Gasteiger partial charge on any atom is -0.379 e. The zero-order valence-electron chi connectivity index (χ0n) is 31.7. The Morgan fingerprint density at radius 1 is 0.627 bits per heavy atom. The molecule has 0 spiro atoms. The summed E-state index contributed by atoms with van der Waals surface area (Å²) in [5.41, 5.74) is 12.8. The highest BCUT2D eigenvalue weighted by Crippen LogP contribution is 2.47. The first-order chi connectivity index (χ1) is 24.8. The zero-order chi connectivity index (χ0) is 36.4. The fourth-order valence-electron chi connectivity index (χ4n) is 6.74. The molecule has 0 amide bonds. The Morgan fingerprint density at radius 3 is 1.86 bits per heavy atom. The lowest BCUT2D eigenvalue weighted by atomic mass is 9.81. The molecule has 2 aliphatic rings. The van der Waals surface area contributed by atoms with Gasteiger partial charge in [0.2, 0.25) is 5.69 Å². The van der Waals surface area contributed by atoms with E-state index in [1.807, 2.05) is 0 Å². The van der Waals surface area contributed by atoms with Gasteiger partial charge in [-0.15, -0.1) is 0 Å². The van der Waals surface area contributed by atoms with Crippen molar-refractivity contribution in [3.63, 3.8) is 0 Å². The molecule has 9 nitrogen and oxygen atoms in total. The maximum atomic E-state index is 5.99. The van der Waals surface area contributed by atoms with Crippen LogP contribution in [0, 0.1) is 0 Å². The van der Waals surface area contributed by atoms with Crippen LogP contribution in [-0.4, -0.2) is 109 Å². The first kappa shape index (κ1) is 40.6. The van der Waals surface area contributed by atoms with Gasteiger partial charge in [-0.05, 0) is 38.0 Å². The maximum Gasteiger partial charge on any atom is 0.209 e. The number of ether oxygens (including phenoxy) is 6. The van der Waals surface area contributed by atoms with E-state index >= 15 is 0 Å². The number of benzene rings is 2. The second-order valence-electron chi connectivity index (χ2n) is 13.7. The normalized spacial score (nSPS) is 17.1. The van der Waals surface area contributed by atoms with Gasteiger partial charge >= 0.3 is 0 Å². The Kier molecular flexibility index (Phi) is 17.0. The van der Waals surface area contributed by atoms with E-state index < -0.39 is 0 Å². The van der Waals surface area contributed by atoms with E-state index in [2.05, 4.69) is 123 Å². The van der Waals surface area contributed by atoms with E-state index in [0.717, 1.165) is 26.1 Å². The fourth-order valence-corrected chi connectivity index (χ4v) is 6.74. The Hall–Kier alpha value is -3.15. The maximum absolute atomic E-state index is 5.99. The lowest BCUT2D eigenvalue weighted by Crippen LogP contribution is -2.29. The predicted octanol–water partition coefficient (Wildman–Crippen LogP) is 6.33. The lowest BCUT2D eigenvalue weighted by molar-refractivity contribution is -0.442. The van der Waals surface area contributed by atoms with Gasteiger partial charge in [0.05, 0.1) is 71.5 Å². The van der Waals surface area contributed by atoms with E-state index in [9.17, 15) is 0 Å². The van der Waals surface area contributed by atoms with Crippen molar-refractivity contribution >= 4 is 17.1 Å². The van der Waals surface area contributed by atoms with E-state index in [1.165, 1.54) is 33.9 Å². The molecule has 4 rings (SSSR count). The van der Waals surface area contributed by atoms with Crippen molar-refractivity contribution in [2.45, 2.75) is 51.9 Å². The first-order valence-electron chi connectivity index (χ1n) is 18.7. The molecule has 0 fully saturated rings. The van der Waals surface area contributed by atoms with Crippen molar-refractivity contribution in [3.8, 4) is 0 Å². The van der Waals surface area contributed by atoms with Crippen LogP contribution >= 0.6 is 0 Å². The van der Waals surface area contributed by atoms with E-state index in [4.69, 9.17) is 34.2 Å². The molecule has 0 saturated heterocycles. The van der Waals surface area contributed by atoms with E-state index in [0.29, 0.717) is 79.2 Å². The molecule has 0 radical (unpaired) electrons. The SMILES string of the molecule is CCCOCCOCCOCCN1/C(=C/C=C\C=C/C2=[N+](CCOCCOCCOCCN)c3ccccc3C2(C)C)C(C)(C)c2ccccc21. The van der Waals surface area contributed by atoms with Crippen LogP contribution in [0.5, 0.6) is 0 Å². The minimum atomic E-state index is -0.133. The van der Waals surface area contributed by atoms with Gasteiger partial charge in [0.25, 0.3) is 0 Å². The van der Waals surface area contributed by atoms with Crippen molar-refractivity contribution in [3.05, 3.63) is 95.7 Å². The number of rotatable bonds is 25. The third-order valence-corrected chi connectivity index (χ3v) is 9.35. The summed E-state index contributed by atoms with van der Waals surface area (Å²) in [7, 11) is 0. The fraction of sp³-hybridized carbons (Fsp3) is 0.548. The lowest BCUT2D eigenvalue weighted by Gasteiger charge is -2.27. The van der Waals surface area contributed by atoms with Crippen LogP contribution in [0.15, 0.2) is 84.6 Å². The van der Waals surface area contributed by atoms with Gasteiger partial charge < -0.3 is 39.1 Å². The molecule has 51 heavy (non-hydrogen) atoms. The summed E-state index contributed by atoms with van der Waals surface area (Å²) in [5, 5.41) is 0. The monoisotopic (exact) mass is 704 g/mol. The van der Waals surface area contributed by atoms with Crippen molar-refractivity contribution in [1.82, 2.24) is 0 Å². The number of nitrogens with two attached hydrogens (primary N) is 1. The molecule has 2 N–H and O–H groups in total. The highest BCUT2D eigenvalue weighted by Gasteiger charge is 2.44. The topological polar surface area (TPSA) is 87.7 Å². The molecule has 0 aliphatic carbocycles. The van der Waals surface area contributed by atoms with Crippen LogP contribution in [0.2, 0.25) is 0 Å². The van der Waals surface area contributed by atoms with Crippen LogP contribution in [0.1, 0.15) is 52.2 Å². The number of allylic oxidation sites excluding steroid dienone is 6. The smallest absolute Gasteiger partial charge is 0.209 e. The molecule has 0 saturated carbocycles. The molecule has 280 valence electrons. The van der Waals surface area contributed by atoms with E-state index in [1.54, 1.807) is 0 Å². The summed E-state index contributed by atoms with van der Waals surface area (Å²) in [6.07, 6.45) is 12.0. The number of fused-ring (bicyclic) bond motifs is 2. The second-order valence-corrected chi connectivity index (χ2v) is 13.7.